The molecule has 0 aliphatic heterocycles. The molecule has 0 aliphatic rings. The fraction of sp³-hybridized carbons (Fsp3) is 0.300. The number of carboxylic acid groups (broad SMARTS) is 1. The Hall–Kier alpha value is -3.66. The molecular weight excluding hydrogens is 390 g/mol. The smallest absolute Gasteiger partial charge is 0.416 e. The van der Waals surface area contributed by atoms with Gasteiger partial charge in [0.1, 0.15) is 5.82 Å². The van der Waals surface area contributed by atoms with Crippen molar-refractivity contribution in [2.45, 2.75) is 19.9 Å². The molecule has 3 heterocycles. The van der Waals surface area contributed by atoms with Gasteiger partial charge in [-0.3, -0.25) is 13.9 Å². The quantitative estimate of drug-likeness (QED) is 0.512. The maximum Gasteiger partial charge on any atom is 0.416 e. The van der Waals surface area contributed by atoms with Crippen molar-refractivity contribution in [3.8, 4) is 0 Å². The lowest BCUT2D eigenvalue weighted by Gasteiger charge is -2.10. The van der Waals surface area contributed by atoms with Gasteiger partial charge in [0.05, 0.1) is 24.4 Å². The van der Waals surface area contributed by atoms with Crippen molar-refractivity contribution in [2.75, 3.05) is 6.61 Å². The number of aryl methyl sites for hydroxylation is 3. The van der Waals surface area contributed by atoms with Crippen LogP contribution in [-0.4, -0.2) is 46.2 Å². The zero-order valence-corrected chi connectivity index (χ0v) is 16.8. The molecule has 4 aromatic rings. The van der Waals surface area contributed by atoms with Crippen molar-refractivity contribution >= 4 is 28.2 Å². The van der Waals surface area contributed by atoms with Crippen LogP contribution in [0.25, 0.3) is 22.1 Å². The molecular formula is C20H21N5O5. The van der Waals surface area contributed by atoms with Crippen molar-refractivity contribution in [3.05, 3.63) is 62.2 Å². The Balaban J connectivity index is 1.96. The van der Waals surface area contributed by atoms with Crippen LogP contribution in [0.15, 0.2) is 33.9 Å². The van der Waals surface area contributed by atoms with Crippen LogP contribution in [0.2, 0.25) is 0 Å². The van der Waals surface area contributed by atoms with Gasteiger partial charge < -0.3 is 14.8 Å². The molecule has 0 spiro atoms. The normalized spacial score (nSPS) is 11.6. The molecule has 0 bridgehead atoms. The number of hydrogen-bond donors (Lipinski definition) is 2. The highest BCUT2D eigenvalue weighted by molar-refractivity contribution is 5.90. The lowest BCUT2D eigenvalue weighted by atomic mass is 10.2. The van der Waals surface area contributed by atoms with E-state index < -0.39 is 17.3 Å². The average molecular weight is 411 g/mol. The van der Waals surface area contributed by atoms with Gasteiger partial charge in [-0.15, -0.1) is 0 Å². The summed E-state index contributed by atoms with van der Waals surface area (Å²) in [7, 11) is 3.15. The number of aliphatic hydroxyl groups excluding tert-OH is 1. The summed E-state index contributed by atoms with van der Waals surface area (Å²) < 4.78 is 4.91. The van der Waals surface area contributed by atoms with Crippen molar-refractivity contribution in [3.63, 3.8) is 0 Å². The van der Waals surface area contributed by atoms with Crippen LogP contribution in [0, 0.1) is 6.92 Å². The highest BCUT2D eigenvalue weighted by atomic mass is 16.4. The average Bonchev–Trinajstić information content (AvgIpc) is 3.21. The second-order valence-corrected chi connectivity index (χ2v) is 7.28. The number of hydrogen-bond acceptors (Lipinski definition) is 5. The number of nitrogens with zero attached hydrogens (tertiary/aromatic N) is 5. The van der Waals surface area contributed by atoms with Gasteiger partial charge in [-0.1, -0.05) is 11.6 Å². The van der Waals surface area contributed by atoms with Gasteiger partial charge in [-0.05, 0) is 25.1 Å². The summed E-state index contributed by atoms with van der Waals surface area (Å²) in [5.74, 6) is 0.479. The summed E-state index contributed by atoms with van der Waals surface area (Å²) in [6, 6.07) is 7.04. The Kier molecular flexibility index (Phi) is 4.58. The van der Waals surface area contributed by atoms with E-state index in [1.807, 2.05) is 13.0 Å². The Labute approximate surface area is 169 Å². The van der Waals surface area contributed by atoms with E-state index in [0.717, 1.165) is 14.7 Å². The maximum atomic E-state index is 13.2. The highest BCUT2D eigenvalue weighted by Crippen LogP contribution is 2.22. The third-order valence-electron chi connectivity index (χ3n) is 5.33. The molecule has 2 N–H and O–H groups in total. The summed E-state index contributed by atoms with van der Waals surface area (Å²) in [4.78, 5) is 42.3. The molecule has 30 heavy (non-hydrogen) atoms. The van der Waals surface area contributed by atoms with E-state index in [1.165, 1.54) is 11.6 Å². The first-order chi connectivity index (χ1) is 14.2. The molecule has 0 fully saturated rings. The van der Waals surface area contributed by atoms with E-state index in [2.05, 4.69) is 4.98 Å². The number of carbonyl (C=O) groups is 1. The topological polar surface area (TPSA) is 124 Å². The van der Waals surface area contributed by atoms with Crippen molar-refractivity contribution in [2.24, 2.45) is 14.1 Å². The molecule has 0 radical (unpaired) electrons. The highest BCUT2D eigenvalue weighted by Gasteiger charge is 2.21. The van der Waals surface area contributed by atoms with Gasteiger partial charge >= 0.3 is 11.8 Å². The molecule has 0 atom stereocenters. The van der Waals surface area contributed by atoms with Gasteiger partial charge in [0.15, 0.2) is 11.2 Å². The lowest BCUT2D eigenvalue weighted by Crippen LogP contribution is -2.40. The summed E-state index contributed by atoms with van der Waals surface area (Å²) in [6.45, 7) is 1.55. The van der Waals surface area contributed by atoms with E-state index in [1.54, 1.807) is 29.8 Å². The summed E-state index contributed by atoms with van der Waals surface area (Å²) in [6.07, 6.45) is -0.952. The number of aliphatic hydroxyl groups is 1. The Morgan fingerprint density at radius 1 is 1.13 bits per heavy atom. The fourth-order valence-electron chi connectivity index (χ4n) is 3.85. The summed E-state index contributed by atoms with van der Waals surface area (Å²) in [5.41, 5.74) is 1.04. The third-order valence-corrected chi connectivity index (χ3v) is 5.33. The van der Waals surface area contributed by atoms with E-state index in [0.29, 0.717) is 22.4 Å². The Bertz CT molecular complexity index is 1440. The minimum atomic E-state index is -1.19. The number of fused-ring (bicyclic) bond motifs is 2. The molecule has 10 heteroatoms. The molecule has 0 saturated heterocycles. The van der Waals surface area contributed by atoms with Crippen LogP contribution in [0.3, 0.4) is 0 Å². The maximum absolute atomic E-state index is 13.2. The zero-order valence-electron chi connectivity index (χ0n) is 16.8. The standard InChI is InChI=1S/C20H21N5O5/c1-11-4-5-14-12(8-11)9-13(25(14)20(29)30)10-24-18(27)16-17(23(3)19(24)28)21-15(6-7-26)22(16)2/h4-5,8-9,26H,6-7,10H2,1-3H3,(H,29,30). The molecule has 1 aromatic carbocycles. The molecule has 0 saturated carbocycles. The predicted molar refractivity (Wildman–Crippen MR) is 110 cm³/mol. The summed E-state index contributed by atoms with van der Waals surface area (Å²) >= 11 is 0. The minimum absolute atomic E-state index is 0.141. The molecule has 3 aromatic heterocycles. The lowest BCUT2D eigenvalue weighted by molar-refractivity contribution is 0.196. The number of aromatic nitrogens is 5. The molecule has 4 rings (SSSR count). The van der Waals surface area contributed by atoms with Gasteiger partial charge in [0, 0.05) is 25.9 Å². The van der Waals surface area contributed by atoms with Gasteiger partial charge in [-0.25, -0.2) is 19.1 Å². The van der Waals surface area contributed by atoms with Crippen molar-refractivity contribution in [1.82, 2.24) is 23.3 Å². The third kappa shape index (κ3) is 2.84. The molecule has 0 unspecified atom stereocenters. The predicted octanol–water partition coefficient (Wildman–Crippen LogP) is 0.806. The van der Waals surface area contributed by atoms with Gasteiger partial charge in [0.2, 0.25) is 0 Å². The largest absolute Gasteiger partial charge is 0.464 e. The van der Waals surface area contributed by atoms with Crippen molar-refractivity contribution < 1.29 is 15.0 Å². The monoisotopic (exact) mass is 411 g/mol. The van der Waals surface area contributed by atoms with Crippen molar-refractivity contribution in [1.29, 1.82) is 0 Å². The second-order valence-electron chi connectivity index (χ2n) is 7.28. The van der Waals surface area contributed by atoms with Crippen LogP contribution < -0.4 is 11.2 Å². The second kappa shape index (κ2) is 6.99. The molecule has 0 amide bonds. The van der Waals surface area contributed by atoms with Gasteiger partial charge in [-0.2, -0.15) is 0 Å². The first-order valence-corrected chi connectivity index (χ1v) is 9.35. The van der Waals surface area contributed by atoms with Crippen LogP contribution in [0.5, 0.6) is 0 Å². The first-order valence-electron chi connectivity index (χ1n) is 9.35. The first kappa shape index (κ1) is 19.6. The number of rotatable bonds is 4. The molecule has 156 valence electrons. The van der Waals surface area contributed by atoms with Crippen LogP contribution in [-0.2, 0) is 27.1 Å². The number of imidazole rings is 1. The van der Waals surface area contributed by atoms with E-state index in [-0.39, 0.29) is 30.7 Å². The van der Waals surface area contributed by atoms with Crippen LogP contribution >= 0.6 is 0 Å². The minimum Gasteiger partial charge on any atom is -0.464 e. The SMILES string of the molecule is Cc1ccc2c(c1)cc(Cn1c(=O)c3c(nc(CCO)n3C)n(C)c1=O)n2C(=O)O. The fourth-order valence-corrected chi connectivity index (χ4v) is 3.85. The van der Waals surface area contributed by atoms with E-state index in [9.17, 15) is 24.6 Å². The van der Waals surface area contributed by atoms with E-state index in [4.69, 9.17) is 0 Å². The Morgan fingerprint density at radius 3 is 2.53 bits per heavy atom. The van der Waals surface area contributed by atoms with Crippen LogP contribution in [0.4, 0.5) is 4.79 Å². The summed E-state index contributed by atoms with van der Waals surface area (Å²) in [5, 5.41) is 19.7. The van der Waals surface area contributed by atoms with Crippen LogP contribution in [0.1, 0.15) is 17.1 Å². The molecule has 10 nitrogen and oxygen atoms in total. The van der Waals surface area contributed by atoms with E-state index >= 15 is 0 Å². The Morgan fingerprint density at radius 2 is 1.87 bits per heavy atom. The number of benzene rings is 1. The zero-order chi connectivity index (χ0) is 21.7. The molecule has 0 aliphatic carbocycles. The van der Waals surface area contributed by atoms with Gasteiger partial charge in [0.25, 0.3) is 5.56 Å².